The van der Waals surface area contributed by atoms with Gasteiger partial charge in [-0.05, 0) is 19.1 Å². The van der Waals surface area contributed by atoms with E-state index in [9.17, 15) is 26.4 Å². The van der Waals surface area contributed by atoms with E-state index in [0.29, 0.717) is 13.1 Å². The molecule has 0 saturated carbocycles. The highest BCUT2D eigenvalue weighted by molar-refractivity contribution is 7.88. The number of hydrogen-bond acceptors (Lipinski definition) is 4. The molecule has 6 nitrogen and oxygen atoms in total. The topological polar surface area (TPSA) is 69.7 Å². The number of carbonyl (C=O) groups is 1. The van der Waals surface area contributed by atoms with Crippen molar-refractivity contribution < 1.29 is 26.4 Å². The van der Waals surface area contributed by atoms with Gasteiger partial charge in [0.1, 0.15) is 0 Å². The highest BCUT2D eigenvalue weighted by Crippen LogP contribution is 2.34. The molecule has 1 atom stereocenters. The first-order chi connectivity index (χ1) is 11.5. The average Bonchev–Trinajstić information content (AvgIpc) is 2.53. The molecule has 0 aromatic heterocycles. The van der Waals surface area contributed by atoms with Crippen molar-refractivity contribution in [1.29, 1.82) is 0 Å². The Hall–Kier alpha value is -1.65. The summed E-state index contributed by atoms with van der Waals surface area (Å²) < 4.78 is 63.3. The molecule has 1 aromatic carbocycles. The number of benzene rings is 1. The van der Waals surface area contributed by atoms with E-state index >= 15 is 0 Å². The van der Waals surface area contributed by atoms with Crippen molar-refractivity contribution >= 4 is 21.6 Å². The monoisotopic (exact) mass is 379 g/mol. The number of piperazine rings is 1. The summed E-state index contributed by atoms with van der Waals surface area (Å²) in [6, 6.07) is 4.11. The van der Waals surface area contributed by atoms with Gasteiger partial charge in [0.05, 0.1) is 23.5 Å². The zero-order valence-corrected chi connectivity index (χ0v) is 14.7. The number of carbonyl (C=O) groups excluding carboxylic acids is 1. The van der Waals surface area contributed by atoms with Gasteiger partial charge in [0.2, 0.25) is 15.9 Å². The molecule has 1 aliphatic rings. The minimum absolute atomic E-state index is 0.246. The summed E-state index contributed by atoms with van der Waals surface area (Å²) in [6.07, 6.45) is -3.44. The maximum Gasteiger partial charge on any atom is 0.418 e. The maximum absolute atomic E-state index is 13.0. The van der Waals surface area contributed by atoms with Gasteiger partial charge >= 0.3 is 6.18 Å². The lowest BCUT2D eigenvalue weighted by Crippen LogP contribution is -2.53. The molecule has 1 N–H and O–H groups in total. The smallest absolute Gasteiger partial charge is 0.324 e. The Morgan fingerprint density at radius 1 is 1.16 bits per heavy atom. The molecule has 1 saturated heterocycles. The first-order valence-corrected chi connectivity index (χ1v) is 9.51. The Morgan fingerprint density at radius 2 is 1.72 bits per heavy atom. The second kappa shape index (κ2) is 7.30. The van der Waals surface area contributed by atoms with Crippen LogP contribution >= 0.6 is 0 Å². The lowest BCUT2D eigenvalue weighted by atomic mass is 10.1. The van der Waals surface area contributed by atoms with Crippen LogP contribution < -0.4 is 5.32 Å². The van der Waals surface area contributed by atoms with Gasteiger partial charge in [-0.25, -0.2) is 8.42 Å². The van der Waals surface area contributed by atoms with Gasteiger partial charge in [0, 0.05) is 26.2 Å². The molecule has 0 bridgehead atoms. The first kappa shape index (κ1) is 19.7. The number of alkyl halides is 3. The van der Waals surface area contributed by atoms with Crippen molar-refractivity contribution in [2.45, 2.75) is 19.1 Å². The van der Waals surface area contributed by atoms with E-state index in [-0.39, 0.29) is 18.8 Å². The fourth-order valence-electron chi connectivity index (χ4n) is 2.66. The number of amides is 1. The van der Waals surface area contributed by atoms with Gasteiger partial charge in [-0.3, -0.25) is 9.69 Å². The number of nitrogens with one attached hydrogen (secondary N) is 1. The molecule has 1 aliphatic heterocycles. The van der Waals surface area contributed by atoms with Gasteiger partial charge in [0.15, 0.2) is 0 Å². The molecular weight excluding hydrogens is 359 g/mol. The SMILES string of the molecule is CC(C(=O)Nc1ccccc1C(F)(F)F)N1CCN(S(C)(=O)=O)CC1. The number of anilines is 1. The molecule has 1 fully saturated rings. The predicted octanol–water partition coefficient (Wildman–Crippen LogP) is 1.61. The Bertz CT molecular complexity index is 729. The summed E-state index contributed by atoms with van der Waals surface area (Å²) in [5, 5.41) is 2.32. The van der Waals surface area contributed by atoms with Crippen molar-refractivity contribution in [2.24, 2.45) is 0 Å². The van der Waals surface area contributed by atoms with Crippen molar-refractivity contribution in [3.05, 3.63) is 29.8 Å². The second-order valence-corrected chi connectivity index (χ2v) is 7.89. The van der Waals surface area contributed by atoms with Crippen LogP contribution in [0.25, 0.3) is 0 Å². The molecule has 1 heterocycles. The summed E-state index contributed by atoms with van der Waals surface area (Å²) in [4.78, 5) is 14.1. The van der Waals surface area contributed by atoms with Crippen LogP contribution in [-0.2, 0) is 21.0 Å². The lowest BCUT2D eigenvalue weighted by Gasteiger charge is -2.36. The number of hydrogen-bond donors (Lipinski definition) is 1. The van der Waals surface area contributed by atoms with Crippen molar-refractivity contribution in [3.63, 3.8) is 0 Å². The molecule has 10 heteroatoms. The van der Waals surface area contributed by atoms with Crippen LogP contribution in [0.5, 0.6) is 0 Å². The number of sulfonamides is 1. The van der Waals surface area contributed by atoms with E-state index in [4.69, 9.17) is 0 Å². The third kappa shape index (κ3) is 4.93. The minimum Gasteiger partial charge on any atom is -0.324 e. The molecule has 2 rings (SSSR count). The molecule has 0 aliphatic carbocycles. The average molecular weight is 379 g/mol. The second-order valence-electron chi connectivity index (χ2n) is 5.91. The number of halogens is 3. The summed E-state index contributed by atoms with van der Waals surface area (Å²) in [7, 11) is -3.28. The van der Waals surface area contributed by atoms with E-state index in [0.717, 1.165) is 12.3 Å². The standard InChI is InChI=1S/C15H20F3N3O3S/c1-11(20-7-9-21(10-8-20)25(2,23)24)14(22)19-13-6-4-3-5-12(13)15(16,17)18/h3-6,11H,7-10H2,1-2H3,(H,19,22). The summed E-state index contributed by atoms with van der Waals surface area (Å²) in [5.74, 6) is -0.565. The molecule has 1 unspecified atom stereocenters. The Balaban J connectivity index is 2.03. The van der Waals surface area contributed by atoms with Gasteiger partial charge in [-0.1, -0.05) is 12.1 Å². The molecular formula is C15H20F3N3O3S. The van der Waals surface area contributed by atoms with Gasteiger partial charge in [0.25, 0.3) is 0 Å². The molecule has 0 spiro atoms. The minimum atomic E-state index is -4.56. The lowest BCUT2D eigenvalue weighted by molar-refractivity contribution is -0.137. The Kier molecular flexibility index (Phi) is 5.75. The van der Waals surface area contributed by atoms with E-state index in [2.05, 4.69) is 5.32 Å². The summed E-state index contributed by atoms with van der Waals surface area (Å²) in [5.41, 5.74) is -1.20. The fourth-order valence-corrected chi connectivity index (χ4v) is 3.49. The van der Waals surface area contributed by atoms with E-state index < -0.39 is 33.7 Å². The molecule has 0 radical (unpaired) electrons. The summed E-state index contributed by atoms with van der Waals surface area (Å²) >= 11 is 0. The number of nitrogens with zero attached hydrogens (tertiary/aromatic N) is 2. The van der Waals surface area contributed by atoms with Crippen LogP contribution in [0.2, 0.25) is 0 Å². The third-order valence-corrected chi connectivity index (χ3v) is 5.46. The third-order valence-electron chi connectivity index (χ3n) is 4.16. The van der Waals surface area contributed by atoms with E-state index in [1.165, 1.54) is 22.5 Å². The van der Waals surface area contributed by atoms with Gasteiger partial charge in [-0.15, -0.1) is 0 Å². The van der Waals surface area contributed by atoms with E-state index in [1.54, 1.807) is 11.8 Å². The number of rotatable bonds is 4. The zero-order valence-electron chi connectivity index (χ0n) is 13.9. The summed E-state index contributed by atoms with van der Waals surface area (Å²) in [6.45, 7) is 2.75. The fraction of sp³-hybridized carbons (Fsp3) is 0.533. The van der Waals surface area contributed by atoms with Crippen LogP contribution in [0.1, 0.15) is 12.5 Å². The Morgan fingerprint density at radius 3 is 2.24 bits per heavy atom. The molecule has 25 heavy (non-hydrogen) atoms. The molecule has 1 aromatic rings. The van der Waals surface area contributed by atoms with Gasteiger partial charge in [-0.2, -0.15) is 17.5 Å². The predicted molar refractivity (Wildman–Crippen MR) is 87.5 cm³/mol. The molecule has 140 valence electrons. The molecule has 1 amide bonds. The Labute approximate surface area is 144 Å². The zero-order chi connectivity index (χ0) is 18.8. The maximum atomic E-state index is 13.0. The quantitative estimate of drug-likeness (QED) is 0.863. The highest BCUT2D eigenvalue weighted by atomic mass is 32.2. The van der Waals surface area contributed by atoms with Crippen LogP contribution in [0, 0.1) is 0 Å². The van der Waals surface area contributed by atoms with E-state index in [1.807, 2.05) is 0 Å². The first-order valence-electron chi connectivity index (χ1n) is 7.66. The van der Waals surface area contributed by atoms with Crippen molar-refractivity contribution in [1.82, 2.24) is 9.21 Å². The van der Waals surface area contributed by atoms with Crippen LogP contribution in [0.3, 0.4) is 0 Å². The van der Waals surface area contributed by atoms with Crippen LogP contribution in [0.4, 0.5) is 18.9 Å². The number of para-hydroxylation sites is 1. The van der Waals surface area contributed by atoms with Crippen molar-refractivity contribution in [2.75, 3.05) is 37.8 Å². The highest BCUT2D eigenvalue weighted by Gasteiger charge is 2.34. The van der Waals surface area contributed by atoms with Crippen LogP contribution in [-0.4, -0.2) is 62.0 Å². The van der Waals surface area contributed by atoms with Crippen LogP contribution in [0.15, 0.2) is 24.3 Å². The van der Waals surface area contributed by atoms with Crippen molar-refractivity contribution in [3.8, 4) is 0 Å². The largest absolute Gasteiger partial charge is 0.418 e. The normalized spacial score (nSPS) is 18.8. The van der Waals surface area contributed by atoms with Gasteiger partial charge < -0.3 is 5.32 Å².